The molecule has 1 aromatic carbocycles. The first-order valence-corrected chi connectivity index (χ1v) is 5.59. The second kappa shape index (κ2) is 7.43. The van der Waals surface area contributed by atoms with Gasteiger partial charge < -0.3 is 9.84 Å². The van der Waals surface area contributed by atoms with Crippen molar-refractivity contribution in [2.24, 2.45) is 0 Å². The second-order valence-electron chi connectivity index (χ2n) is 3.88. The molecule has 1 aromatic rings. The van der Waals surface area contributed by atoms with E-state index in [2.05, 4.69) is 12.1 Å². The largest absolute Gasteiger partial charge is 0.393 e. The Kier molecular flexibility index (Phi) is 6.05. The number of aliphatic hydroxyl groups excluding tert-OH is 1. The van der Waals surface area contributed by atoms with E-state index in [0.29, 0.717) is 6.61 Å². The van der Waals surface area contributed by atoms with Crippen LogP contribution in [-0.4, -0.2) is 17.8 Å². The highest BCUT2D eigenvalue weighted by atomic mass is 16.5. The van der Waals surface area contributed by atoms with Crippen LogP contribution in [0, 0.1) is 0 Å². The molecule has 0 radical (unpaired) electrons. The highest BCUT2D eigenvalue weighted by Crippen LogP contribution is 2.03. The third-order valence-corrected chi connectivity index (χ3v) is 2.27. The van der Waals surface area contributed by atoms with Crippen LogP contribution in [0.15, 0.2) is 30.3 Å². The first-order valence-electron chi connectivity index (χ1n) is 5.59. The third-order valence-electron chi connectivity index (χ3n) is 2.27. The van der Waals surface area contributed by atoms with Crippen molar-refractivity contribution in [2.75, 3.05) is 6.61 Å². The fourth-order valence-corrected chi connectivity index (χ4v) is 1.41. The average Bonchev–Trinajstić information content (AvgIpc) is 2.24. The molecule has 0 saturated heterocycles. The summed E-state index contributed by atoms with van der Waals surface area (Å²) in [6, 6.07) is 10.2. The second-order valence-corrected chi connectivity index (χ2v) is 3.88. The van der Waals surface area contributed by atoms with Crippen LogP contribution in [0.5, 0.6) is 0 Å². The Morgan fingerprint density at radius 1 is 1.20 bits per heavy atom. The summed E-state index contributed by atoms with van der Waals surface area (Å²) in [6.07, 6.45) is 2.75. The molecule has 0 aliphatic carbocycles. The van der Waals surface area contributed by atoms with Crippen molar-refractivity contribution in [1.29, 1.82) is 0 Å². The Labute approximate surface area is 91.9 Å². The minimum atomic E-state index is -0.181. The van der Waals surface area contributed by atoms with Crippen molar-refractivity contribution >= 4 is 0 Å². The Morgan fingerprint density at radius 3 is 2.60 bits per heavy atom. The Balaban J connectivity index is 1.98. The summed E-state index contributed by atoms with van der Waals surface area (Å²) in [5.41, 5.74) is 1.22. The molecule has 0 amide bonds. The molecule has 1 unspecified atom stereocenters. The average molecular weight is 208 g/mol. The summed E-state index contributed by atoms with van der Waals surface area (Å²) in [5, 5.41) is 9.05. The molecule has 15 heavy (non-hydrogen) atoms. The maximum Gasteiger partial charge on any atom is 0.0716 e. The van der Waals surface area contributed by atoms with Crippen LogP contribution >= 0.6 is 0 Å². The molecule has 84 valence electrons. The van der Waals surface area contributed by atoms with Gasteiger partial charge in [-0.25, -0.2) is 0 Å². The summed E-state index contributed by atoms with van der Waals surface area (Å²) >= 11 is 0. The van der Waals surface area contributed by atoms with Crippen molar-refractivity contribution < 1.29 is 9.84 Å². The summed E-state index contributed by atoms with van der Waals surface area (Å²) in [6.45, 7) is 3.29. The van der Waals surface area contributed by atoms with Gasteiger partial charge in [0.05, 0.1) is 12.7 Å². The zero-order valence-corrected chi connectivity index (χ0v) is 9.36. The first-order chi connectivity index (χ1) is 7.29. The van der Waals surface area contributed by atoms with Crippen molar-refractivity contribution in [2.45, 2.75) is 38.9 Å². The molecular weight excluding hydrogens is 188 g/mol. The van der Waals surface area contributed by atoms with E-state index < -0.39 is 0 Å². The predicted molar refractivity (Wildman–Crippen MR) is 61.6 cm³/mol. The number of ether oxygens (including phenoxy) is 1. The number of hydrogen-bond donors (Lipinski definition) is 1. The number of rotatable bonds is 7. The van der Waals surface area contributed by atoms with Crippen LogP contribution in [0.3, 0.4) is 0 Å². The fraction of sp³-hybridized carbons (Fsp3) is 0.538. The van der Waals surface area contributed by atoms with Gasteiger partial charge in [-0.3, -0.25) is 0 Å². The molecular formula is C13H20O2. The number of aliphatic hydroxyl groups is 1. The van der Waals surface area contributed by atoms with Crippen molar-refractivity contribution in [3.05, 3.63) is 35.9 Å². The quantitative estimate of drug-likeness (QED) is 0.698. The van der Waals surface area contributed by atoms with Gasteiger partial charge in [0.25, 0.3) is 0 Å². The van der Waals surface area contributed by atoms with Crippen molar-refractivity contribution in [3.8, 4) is 0 Å². The van der Waals surface area contributed by atoms with E-state index in [-0.39, 0.29) is 6.10 Å². The minimum Gasteiger partial charge on any atom is -0.393 e. The third kappa shape index (κ3) is 6.26. The molecule has 0 aliphatic rings. The van der Waals surface area contributed by atoms with Gasteiger partial charge in [-0.1, -0.05) is 30.3 Å². The van der Waals surface area contributed by atoms with E-state index in [4.69, 9.17) is 9.84 Å². The Hall–Kier alpha value is -0.860. The summed E-state index contributed by atoms with van der Waals surface area (Å²) in [7, 11) is 0. The molecule has 1 atom stereocenters. The standard InChI is InChI=1S/C13H20O2/c1-12(14)7-5-6-10-15-11-13-8-3-2-4-9-13/h2-4,8-9,12,14H,5-7,10-11H2,1H3. The van der Waals surface area contributed by atoms with Crippen LogP contribution in [0.2, 0.25) is 0 Å². The molecule has 0 fully saturated rings. The number of benzene rings is 1. The summed E-state index contributed by atoms with van der Waals surface area (Å²) in [5.74, 6) is 0. The Morgan fingerprint density at radius 2 is 1.93 bits per heavy atom. The highest BCUT2D eigenvalue weighted by Gasteiger charge is 1.96. The highest BCUT2D eigenvalue weighted by molar-refractivity contribution is 5.13. The molecule has 0 spiro atoms. The zero-order valence-electron chi connectivity index (χ0n) is 9.36. The van der Waals surface area contributed by atoms with E-state index in [0.717, 1.165) is 25.9 Å². The minimum absolute atomic E-state index is 0.181. The monoisotopic (exact) mass is 208 g/mol. The number of unbranched alkanes of at least 4 members (excludes halogenated alkanes) is 1. The van der Waals surface area contributed by atoms with E-state index >= 15 is 0 Å². The van der Waals surface area contributed by atoms with Crippen LogP contribution in [0.25, 0.3) is 0 Å². The topological polar surface area (TPSA) is 29.5 Å². The normalized spacial score (nSPS) is 12.7. The van der Waals surface area contributed by atoms with Gasteiger partial charge >= 0.3 is 0 Å². The molecule has 1 N–H and O–H groups in total. The number of hydrogen-bond acceptors (Lipinski definition) is 2. The molecule has 0 heterocycles. The lowest BCUT2D eigenvalue weighted by Crippen LogP contribution is -2.01. The molecule has 0 saturated carbocycles. The van der Waals surface area contributed by atoms with Gasteiger partial charge in [0.15, 0.2) is 0 Å². The fourth-order valence-electron chi connectivity index (χ4n) is 1.41. The van der Waals surface area contributed by atoms with Gasteiger partial charge in [-0.05, 0) is 31.7 Å². The molecule has 1 rings (SSSR count). The molecule has 0 aliphatic heterocycles. The SMILES string of the molecule is CC(O)CCCCOCc1ccccc1. The van der Waals surface area contributed by atoms with Crippen molar-refractivity contribution in [3.63, 3.8) is 0 Å². The lowest BCUT2D eigenvalue weighted by atomic mass is 10.2. The van der Waals surface area contributed by atoms with Crippen molar-refractivity contribution in [1.82, 2.24) is 0 Å². The lowest BCUT2D eigenvalue weighted by molar-refractivity contribution is 0.111. The molecule has 2 heteroatoms. The summed E-state index contributed by atoms with van der Waals surface area (Å²) < 4.78 is 5.52. The summed E-state index contributed by atoms with van der Waals surface area (Å²) in [4.78, 5) is 0. The molecule has 2 nitrogen and oxygen atoms in total. The van der Waals surface area contributed by atoms with Gasteiger partial charge in [0.2, 0.25) is 0 Å². The first kappa shape index (κ1) is 12.2. The molecule has 0 bridgehead atoms. The van der Waals surface area contributed by atoms with Gasteiger partial charge in [-0.2, -0.15) is 0 Å². The van der Waals surface area contributed by atoms with Gasteiger partial charge in [-0.15, -0.1) is 0 Å². The van der Waals surface area contributed by atoms with E-state index in [1.165, 1.54) is 5.56 Å². The maximum absolute atomic E-state index is 9.05. The van der Waals surface area contributed by atoms with Crippen LogP contribution in [0.1, 0.15) is 31.7 Å². The van der Waals surface area contributed by atoms with Crippen LogP contribution in [-0.2, 0) is 11.3 Å². The van der Waals surface area contributed by atoms with Crippen LogP contribution < -0.4 is 0 Å². The van der Waals surface area contributed by atoms with Gasteiger partial charge in [0.1, 0.15) is 0 Å². The molecule has 0 aromatic heterocycles. The van der Waals surface area contributed by atoms with E-state index in [1.807, 2.05) is 25.1 Å². The van der Waals surface area contributed by atoms with E-state index in [1.54, 1.807) is 0 Å². The smallest absolute Gasteiger partial charge is 0.0716 e. The lowest BCUT2D eigenvalue weighted by Gasteiger charge is -2.05. The Bertz CT molecular complexity index is 244. The van der Waals surface area contributed by atoms with E-state index in [9.17, 15) is 0 Å². The van der Waals surface area contributed by atoms with Gasteiger partial charge in [0, 0.05) is 6.61 Å². The van der Waals surface area contributed by atoms with Crippen LogP contribution in [0.4, 0.5) is 0 Å². The predicted octanol–water partition coefficient (Wildman–Crippen LogP) is 2.75. The maximum atomic E-state index is 9.05. The zero-order chi connectivity index (χ0) is 10.9.